The summed E-state index contributed by atoms with van der Waals surface area (Å²) in [5.41, 5.74) is 1.78. The second-order valence-corrected chi connectivity index (χ2v) is 7.68. The number of hydrogen-bond acceptors (Lipinski definition) is 2. The third-order valence-electron chi connectivity index (χ3n) is 5.37. The van der Waals surface area contributed by atoms with Gasteiger partial charge in [0.15, 0.2) is 17.6 Å². The molecule has 0 radical (unpaired) electrons. The molecule has 0 aliphatic carbocycles. The van der Waals surface area contributed by atoms with Crippen LogP contribution in [-0.4, -0.2) is 43.6 Å². The molecule has 0 atom stereocenters. The van der Waals surface area contributed by atoms with Crippen LogP contribution in [0.5, 0.6) is 0 Å². The molecule has 8 heteroatoms. The molecule has 3 rings (SSSR count). The first-order valence-electron chi connectivity index (χ1n) is 10.4. The average molecular weight is 546 g/mol. The summed E-state index contributed by atoms with van der Waals surface area (Å²) in [6, 6.07) is 11.1. The largest absolute Gasteiger partial charge is 0.356 e. The highest BCUT2D eigenvalue weighted by molar-refractivity contribution is 14.0. The number of benzene rings is 2. The van der Waals surface area contributed by atoms with E-state index >= 15 is 0 Å². The zero-order chi connectivity index (χ0) is 21.3. The Morgan fingerprint density at radius 3 is 2.48 bits per heavy atom. The van der Waals surface area contributed by atoms with Gasteiger partial charge in [0, 0.05) is 39.3 Å². The molecule has 0 bridgehead atoms. The minimum Gasteiger partial charge on any atom is -0.356 e. The molecule has 1 heterocycles. The normalized spacial score (nSPS) is 15.4. The summed E-state index contributed by atoms with van der Waals surface area (Å²) in [6.07, 6.45) is 3.60. The maximum Gasteiger partial charge on any atom is 0.191 e. The number of likely N-dealkylation sites (tertiary alicyclic amines) is 1. The van der Waals surface area contributed by atoms with Crippen LogP contribution in [0.1, 0.15) is 30.4 Å². The Hall–Kier alpha value is -1.81. The van der Waals surface area contributed by atoms with Crippen molar-refractivity contribution < 1.29 is 13.2 Å². The molecule has 2 aromatic rings. The molecule has 1 fully saturated rings. The fraction of sp³-hybridized carbons (Fsp3) is 0.435. The van der Waals surface area contributed by atoms with Gasteiger partial charge in [-0.05, 0) is 61.1 Å². The molecule has 0 spiro atoms. The summed E-state index contributed by atoms with van der Waals surface area (Å²) in [7, 11) is 1.75. The molecule has 4 nitrogen and oxygen atoms in total. The summed E-state index contributed by atoms with van der Waals surface area (Å²) in [5.74, 6) is -1.03. The molecule has 1 aliphatic heterocycles. The van der Waals surface area contributed by atoms with Crippen LogP contribution in [0.2, 0.25) is 0 Å². The predicted molar refractivity (Wildman–Crippen MR) is 129 cm³/mol. The van der Waals surface area contributed by atoms with Crippen molar-refractivity contribution >= 4 is 29.9 Å². The molecule has 2 aromatic carbocycles. The quantitative estimate of drug-likeness (QED) is 0.233. The van der Waals surface area contributed by atoms with Crippen molar-refractivity contribution in [3.63, 3.8) is 0 Å². The van der Waals surface area contributed by atoms with Gasteiger partial charge in [-0.25, -0.2) is 13.2 Å². The highest BCUT2D eigenvalue weighted by Crippen LogP contribution is 2.16. The van der Waals surface area contributed by atoms with Gasteiger partial charge in [0.05, 0.1) is 0 Å². The molecule has 170 valence electrons. The van der Waals surface area contributed by atoms with Crippen LogP contribution in [0.15, 0.2) is 47.5 Å². The SMILES string of the molecule is CN=C(NCCCc1cccc(F)c1)NC1CCN(Cc2ccc(F)c(F)c2)CC1.I. The van der Waals surface area contributed by atoms with E-state index in [2.05, 4.69) is 20.5 Å². The van der Waals surface area contributed by atoms with Crippen LogP contribution in [0, 0.1) is 17.5 Å². The van der Waals surface area contributed by atoms with Gasteiger partial charge in [0.1, 0.15) is 5.82 Å². The first-order valence-corrected chi connectivity index (χ1v) is 10.4. The highest BCUT2D eigenvalue weighted by Gasteiger charge is 2.20. The molecule has 2 N–H and O–H groups in total. The van der Waals surface area contributed by atoms with Crippen LogP contribution in [0.3, 0.4) is 0 Å². The van der Waals surface area contributed by atoms with E-state index < -0.39 is 11.6 Å². The summed E-state index contributed by atoms with van der Waals surface area (Å²) in [4.78, 5) is 6.54. The first-order chi connectivity index (χ1) is 14.5. The van der Waals surface area contributed by atoms with Crippen LogP contribution in [-0.2, 0) is 13.0 Å². The second kappa shape index (κ2) is 12.9. The van der Waals surface area contributed by atoms with Gasteiger partial charge >= 0.3 is 0 Å². The third kappa shape index (κ3) is 8.33. The van der Waals surface area contributed by atoms with E-state index in [-0.39, 0.29) is 29.8 Å². The molecule has 0 aromatic heterocycles. The fourth-order valence-electron chi connectivity index (χ4n) is 3.71. The molecule has 0 unspecified atom stereocenters. The van der Waals surface area contributed by atoms with E-state index in [1.807, 2.05) is 6.07 Å². The maximum absolute atomic E-state index is 13.4. The number of nitrogens with zero attached hydrogens (tertiary/aromatic N) is 2. The minimum atomic E-state index is -0.809. The van der Waals surface area contributed by atoms with Gasteiger partial charge in [0.25, 0.3) is 0 Å². The summed E-state index contributed by atoms with van der Waals surface area (Å²) in [6.45, 7) is 3.14. The Morgan fingerprint density at radius 1 is 1.03 bits per heavy atom. The Balaban J connectivity index is 0.00000341. The minimum absolute atomic E-state index is 0. The summed E-state index contributed by atoms with van der Waals surface area (Å²) < 4.78 is 39.7. The Kier molecular flexibility index (Phi) is 10.6. The van der Waals surface area contributed by atoms with Crippen LogP contribution in [0.25, 0.3) is 0 Å². The van der Waals surface area contributed by atoms with Crippen molar-refractivity contribution in [2.45, 2.75) is 38.3 Å². The van der Waals surface area contributed by atoms with Crippen LogP contribution >= 0.6 is 24.0 Å². The number of aryl methyl sites for hydroxylation is 1. The van der Waals surface area contributed by atoms with E-state index in [4.69, 9.17) is 0 Å². The summed E-state index contributed by atoms with van der Waals surface area (Å²) >= 11 is 0. The maximum atomic E-state index is 13.4. The number of rotatable bonds is 7. The lowest BCUT2D eigenvalue weighted by atomic mass is 10.0. The van der Waals surface area contributed by atoms with Crippen molar-refractivity contribution in [2.24, 2.45) is 4.99 Å². The summed E-state index contributed by atoms with van der Waals surface area (Å²) in [5, 5.41) is 6.78. The Labute approximate surface area is 199 Å². The third-order valence-corrected chi connectivity index (χ3v) is 5.37. The molecule has 0 saturated carbocycles. The van der Waals surface area contributed by atoms with Crippen molar-refractivity contribution in [3.05, 3.63) is 71.0 Å². The van der Waals surface area contributed by atoms with Crippen molar-refractivity contribution in [1.82, 2.24) is 15.5 Å². The predicted octanol–water partition coefficient (Wildman–Crippen LogP) is 4.48. The Bertz CT molecular complexity index is 854. The van der Waals surface area contributed by atoms with Crippen molar-refractivity contribution in [3.8, 4) is 0 Å². The first kappa shape index (κ1) is 25.5. The van der Waals surface area contributed by atoms with Gasteiger partial charge < -0.3 is 10.6 Å². The molecular formula is C23H30F3IN4. The molecule has 1 saturated heterocycles. The van der Waals surface area contributed by atoms with E-state index in [0.29, 0.717) is 12.6 Å². The van der Waals surface area contributed by atoms with Gasteiger partial charge in [-0.2, -0.15) is 0 Å². The monoisotopic (exact) mass is 546 g/mol. The van der Waals surface area contributed by atoms with Crippen molar-refractivity contribution in [1.29, 1.82) is 0 Å². The lowest BCUT2D eigenvalue weighted by Gasteiger charge is -2.33. The fourth-order valence-corrected chi connectivity index (χ4v) is 3.71. The lowest BCUT2D eigenvalue weighted by Crippen LogP contribution is -2.48. The van der Waals surface area contributed by atoms with E-state index in [9.17, 15) is 13.2 Å². The van der Waals surface area contributed by atoms with Crippen LogP contribution < -0.4 is 10.6 Å². The number of hydrogen-bond donors (Lipinski definition) is 2. The van der Waals surface area contributed by atoms with E-state index in [1.165, 1.54) is 18.2 Å². The van der Waals surface area contributed by atoms with E-state index in [1.54, 1.807) is 25.2 Å². The lowest BCUT2D eigenvalue weighted by molar-refractivity contribution is 0.198. The standard InChI is InChI=1S/C23H29F3N4.HI/c1-27-23(28-11-3-5-17-4-2-6-19(24)14-17)29-20-9-12-30(13-10-20)16-18-7-8-21(25)22(26)15-18;/h2,4,6-8,14-15,20H,3,5,9-13,16H2,1H3,(H2,27,28,29);1H. The number of aliphatic imine (C=N–C) groups is 1. The van der Waals surface area contributed by atoms with E-state index in [0.717, 1.165) is 62.4 Å². The van der Waals surface area contributed by atoms with Gasteiger partial charge in [-0.15, -0.1) is 24.0 Å². The number of nitrogens with one attached hydrogen (secondary N) is 2. The highest BCUT2D eigenvalue weighted by atomic mass is 127. The zero-order valence-electron chi connectivity index (χ0n) is 17.7. The van der Waals surface area contributed by atoms with Gasteiger partial charge in [-0.3, -0.25) is 9.89 Å². The number of halogens is 4. The smallest absolute Gasteiger partial charge is 0.191 e. The molecule has 31 heavy (non-hydrogen) atoms. The number of piperidine rings is 1. The van der Waals surface area contributed by atoms with Gasteiger partial charge in [-0.1, -0.05) is 18.2 Å². The number of guanidine groups is 1. The topological polar surface area (TPSA) is 39.7 Å². The molecule has 1 aliphatic rings. The molecular weight excluding hydrogens is 516 g/mol. The van der Waals surface area contributed by atoms with Gasteiger partial charge in [0.2, 0.25) is 0 Å². The Morgan fingerprint density at radius 2 is 1.81 bits per heavy atom. The van der Waals surface area contributed by atoms with Crippen LogP contribution in [0.4, 0.5) is 13.2 Å². The average Bonchev–Trinajstić information content (AvgIpc) is 2.74. The molecule has 0 amide bonds. The van der Waals surface area contributed by atoms with Crippen molar-refractivity contribution in [2.75, 3.05) is 26.7 Å². The second-order valence-electron chi connectivity index (χ2n) is 7.68. The zero-order valence-corrected chi connectivity index (χ0v) is 20.0.